The molecule has 5 heteroatoms. The highest BCUT2D eigenvalue weighted by molar-refractivity contribution is 7.07. The van der Waals surface area contributed by atoms with Crippen molar-refractivity contribution < 1.29 is 9.59 Å². The second-order valence-corrected chi connectivity index (χ2v) is 6.27. The molecule has 1 aromatic carbocycles. The summed E-state index contributed by atoms with van der Waals surface area (Å²) in [6.07, 6.45) is 0.584. The summed E-state index contributed by atoms with van der Waals surface area (Å²) in [6.45, 7) is 1.16. The standard InChI is InChI=1S/C17H18N2O2S/c1-18(11-13-8-10-22-12-13)16(20)15-7-9-19(17(15)21)14-5-3-2-4-6-14/h2-6,8,10,12,15H,7,9,11H2,1H3/t15-/m1/s1. The van der Waals surface area contributed by atoms with Crippen molar-refractivity contribution in [2.45, 2.75) is 13.0 Å². The van der Waals surface area contributed by atoms with Crippen molar-refractivity contribution in [3.63, 3.8) is 0 Å². The molecule has 1 fully saturated rings. The van der Waals surface area contributed by atoms with Gasteiger partial charge in [-0.1, -0.05) is 18.2 Å². The third kappa shape index (κ3) is 2.90. The molecule has 1 aromatic heterocycles. The van der Waals surface area contributed by atoms with E-state index in [4.69, 9.17) is 0 Å². The monoisotopic (exact) mass is 314 g/mol. The molecule has 4 nitrogen and oxygen atoms in total. The zero-order valence-electron chi connectivity index (χ0n) is 12.4. The van der Waals surface area contributed by atoms with Crippen LogP contribution >= 0.6 is 11.3 Å². The summed E-state index contributed by atoms with van der Waals surface area (Å²) in [4.78, 5) is 28.4. The van der Waals surface area contributed by atoms with Gasteiger partial charge in [0, 0.05) is 25.8 Å². The fourth-order valence-electron chi connectivity index (χ4n) is 2.77. The maximum absolute atomic E-state index is 12.5. The molecular formula is C17H18N2O2S. The average molecular weight is 314 g/mol. The molecule has 0 spiro atoms. The van der Waals surface area contributed by atoms with Crippen LogP contribution in [0.4, 0.5) is 5.69 Å². The Morgan fingerprint density at radius 2 is 2.09 bits per heavy atom. The number of hydrogen-bond donors (Lipinski definition) is 0. The molecule has 0 unspecified atom stereocenters. The lowest BCUT2D eigenvalue weighted by molar-refractivity contribution is -0.139. The van der Waals surface area contributed by atoms with Gasteiger partial charge >= 0.3 is 0 Å². The van der Waals surface area contributed by atoms with E-state index in [-0.39, 0.29) is 11.8 Å². The molecular weight excluding hydrogens is 296 g/mol. The largest absolute Gasteiger partial charge is 0.341 e. The van der Waals surface area contributed by atoms with Gasteiger partial charge in [0.2, 0.25) is 11.8 Å². The van der Waals surface area contributed by atoms with E-state index in [2.05, 4.69) is 0 Å². The number of carbonyl (C=O) groups is 2. The average Bonchev–Trinajstić information content (AvgIpc) is 3.17. The van der Waals surface area contributed by atoms with Gasteiger partial charge < -0.3 is 9.80 Å². The molecule has 2 heterocycles. The fraction of sp³-hybridized carbons (Fsp3) is 0.294. The highest BCUT2D eigenvalue weighted by Gasteiger charge is 2.38. The molecule has 0 saturated carbocycles. The van der Waals surface area contributed by atoms with E-state index >= 15 is 0 Å². The first-order valence-corrected chi connectivity index (χ1v) is 8.23. The van der Waals surface area contributed by atoms with Gasteiger partial charge in [-0.15, -0.1) is 0 Å². The van der Waals surface area contributed by atoms with Gasteiger partial charge in [0.25, 0.3) is 0 Å². The predicted molar refractivity (Wildman–Crippen MR) is 87.7 cm³/mol. The van der Waals surface area contributed by atoms with Gasteiger partial charge in [-0.3, -0.25) is 9.59 Å². The number of thiophene rings is 1. The summed E-state index contributed by atoms with van der Waals surface area (Å²) >= 11 is 1.61. The summed E-state index contributed by atoms with van der Waals surface area (Å²) in [5, 5.41) is 4.02. The maximum Gasteiger partial charge on any atom is 0.239 e. The van der Waals surface area contributed by atoms with Crippen molar-refractivity contribution in [1.29, 1.82) is 0 Å². The predicted octanol–water partition coefficient (Wildman–Crippen LogP) is 2.76. The summed E-state index contributed by atoms with van der Waals surface area (Å²) < 4.78 is 0. The molecule has 2 aromatic rings. The highest BCUT2D eigenvalue weighted by atomic mass is 32.1. The molecule has 22 heavy (non-hydrogen) atoms. The van der Waals surface area contributed by atoms with Crippen LogP contribution in [0.2, 0.25) is 0 Å². The van der Waals surface area contributed by atoms with Gasteiger partial charge in [-0.25, -0.2) is 0 Å². The summed E-state index contributed by atoms with van der Waals surface area (Å²) in [5.74, 6) is -0.730. The van der Waals surface area contributed by atoms with Crippen LogP contribution in [0, 0.1) is 5.92 Å². The van der Waals surface area contributed by atoms with Crippen LogP contribution in [0.1, 0.15) is 12.0 Å². The molecule has 2 amide bonds. The summed E-state index contributed by atoms with van der Waals surface area (Å²) in [5.41, 5.74) is 1.97. The minimum atomic E-state index is -0.552. The first-order valence-electron chi connectivity index (χ1n) is 7.29. The molecule has 3 rings (SSSR count). The number of nitrogens with zero attached hydrogens (tertiary/aromatic N) is 2. The number of anilines is 1. The van der Waals surface area contributed by atoms with Crippen LogP contribution in [0.3, 0.4) is 0 Å². The maximum atomic E-state index is 12.5. The smallest absolute Gasteiger partial charge is 0.239 e. The first-order chi connectivity index (χ1) is 10.7. The number of amides is 2. The summed E-state index contributed by atoms with van der Waals surface area (Å²) in [7, 11) is 1.76. The van der Waals surface area contributed by atoms with Crippen LogP contribution < -0.4 is 4.90 Å². The third-order valence-corrected chi connectivity index (χ3v) is 4.68. The molecule has 0 bridgehead atoms. The molecule has 1 aliphatic rings. The highest BCUT2D eigenvalue weighted by Crippen LogP contribution is 2.26. The lowest BCUT2D eigenvalue weighted by atomic mass is 10.1. The number of carbonyl (C=O) groups excluding carboxylic acids is 2. The Labute approximate surface area is 134 Å². The Kier molecular flexibility index (Phi) is 4.24. The zero-order valence-corrected chi connectivity index (χ0v) is 13.3. The van der Waals surface area contributed by atoms with Crippen molar-refractivity contribution in [2.24, 2.45) is 5.92 Å². The minimum absolute atomic E-state index is 0.0883. The lowest BCUT2D eigenvalue weighted by Crippen LogP contribution is -2.37. The zero-order chi connectivity index (χ0) is 15.5. The van der Waals surface area contributed by atoms with Crippen LogP contribution in [-0.2, 0) is 16.1 Å². The van der Waals surface area contributed by atoms with E-state index < -0.39 is 5.92 Å². The topological polar surface area (TPSA) is 40.6 Å². The molecule has 114 valence electrons. The molecule has 0 aliphatic carbocycles. The van der Waals surface area contributed by atoms with Crippen molar-refractivity contribution in [2.75, 3.05) is 18.5 Å². The quantitative estimate of drug-likeness (QED) is 0.814. The van der Waals surface area contributed by atoms with Crippen LogP contribution in [0.15, 0.2) is 47.2 Å². The van der Waals surface area contributed by atoms with Crippen molar-refractivity contribution in [1.82, 2.24) is 4.90 Å². The molecule has 1 saturated heterocycles. The summed E-state index contributed by atoms with van der Waals surface area (Å²) in [6, 6.07) is 11.5. The first kappa shape index (κ1) is 14.8. The number of rotatable bonds is 4. The molecule has 1 aliphatic heterocycles. The molecule has 0 N–H and O–H groups in total. The fourth-order valence-corrected chi connectivity index (χ4v) is 3.43. The van der Waals surface area contributed by atoms with Crippen LogP contribution in [0.5, 0.6) is 0 Å². The Balaban J connectivity index is 1.68. The van der Waals surface area contributed by atoms with E-state index in [0.29, 0.717) is 19.5 Å². The second-order valence-electron chi connectivity index (χ2n) is 5.49. The minimum Gasteiger partial charge on any atom is -0.341 e. The van der Waals surface area contributed by atoms with Gasteiger partial charge in [-0.2, -0.15) is 11.3 Å². The lowest BCUT2D eigenvalue weighted by Gasteiger charge is -2.21. The van der Waals surface area contributed by atoms with Crippen molar-refractivity contribution >= 4 is 28.8 Å². The number of para-hydroxylation sites is 1. The molecule has 1 atom stereocenters. The van der Waals surface area contributed by atoms with Crippen LogP contribution in [-0.4, -0.2) is 30.3 Å². The normalized spacial score (nSPS) is 17.8. The van der Waals surface area contributed by atoms with Gasteiger partial charge in [0.15, 0.2) is 0 Å². The van der Waals surface area contributed by atoms with E-state index in [9.17, 15) is 9.59 Å². The van der Waals surface area contributed by atoms with Crippen LogP contribution in [0.25, 0.3) is 0 Å². The Bertz CT molecular complexity index is 655. The van der Waals surface area contributed by atoms with E-state index in [0.717, 1.165) is 11.3 Å². The van der Waals surface area contributed by atoms with E-state index in [1.165, 1.54) is 0 Å². The number of benzene rings is 1. The number of hydrogen-bond acceptors (Lipinski definition) is 3. The van der Waals surface area contributed by atoms with Crippen molar-refractivity contribution in [3.8, 4) is 0 Å². The Hall–Kier alpha value is -2.14. The Morgan fingerprint density at radius 1 is 1.32 bits per heavy atom. The van der Waals surface area contributed by atoms with Gasteiger partial charge in [-0.05, 0) is 40.9 Å². The van der Waals surface area contributed by atoms with Gasteiger partial charge in [0.1, 0.15) is 5.92 Å². The third-order valence-electron chi connectivity index (χ3n) is 3.95. The van der Waals surface area contributed by atoms with Gasteiger partial charge in [0.05, 0.1) is 0 Å². The van der Waals surface area contributed by atoms with E-state index in [1.54, 1.807) is 28.2 Å². The van der Waals surface area contributed by atoms with E-state index in [1.807, 2.05) is 47.2 Å². The van der Waals surface area contributed by atoms with Crippen molar-refractivity contribution in [3.05, 3.63) is 52.7 Å². The SMILES string of the molecule is CN(Cc1ccsc1)C(=O)[C@H]1CCN(c2ccccc2)C1=O. The Morgan fingerprint density at radius 3 is 2.77 bits per heavy atom. The molecule has 0 radical (unpaired) electrons. The second kappa shape index (κ2) is 6.32.